The van der Waals surface area contributed by atoms with Crippen LogP contribution in [0.3, 0.4) is 0 Å². The van der Waals surface area contributed by atoms with E-state index in [-0.39, 0.29) is 30.1 Å². The molecular weight excluding hydrogens is 230 g/mol. The lowest BCUT2D eigenvalue weighted by molar-refractivity contribution is -0.140. The van der Waals surface area contributed by atoms with Gasteiger partial charge in [-0.25, -0.2) is 4.79 Å². The average molecular weight is 247 g/mol. The Morgan fingerprint density at radius 3 is 2.69 bits per heavy atom. The lowest BCUT2D eigenvalue weighted by Gasteiger charge is -2.13. The highest BCUT2D eigenvalue weighted by Crippen LogP contribution is 2.00. The van der Waals surface area contributed by atoms with E-state index < -0.39 is 17.1 Å². The number of ether oxygens (including phenoxy) is 1. The summed E-state index contributed by atoms with van der Waals surface area (Å²) >= 11 is -1.20. The summed E-state index contributed by atoms with van der Waals surface area (Å²) in [6.45, 7) is 7.12. The summed E-state index contributed by atoms with van der Waals surface area (Å²) in [7, 11) is 0. The monoisotopic (exact) mass is 247 g/mol. The first-order valence-corrected chi connectivity index (χ1v) is 6.28. The maximum Gasteiger partial charge on any atom is 0.356 e. The molecule has 1 unspecified atom stereocenters. The number of esters is 1. The molecule has 0 aliphatic rings. The van der Waals surface area contributed by atoms with E-state index in [1.807, 2.05) is 0 Å². The van der Waals surface area contributed by atoms with Crippen LogP contribution in [-0.4, -0.2) is 40.6 Å². The predicted molar refractivity (Wildman–Crippen MR) is 62.3 cm³/mol. The van der Waals surface area contributed by atoms with Crippen LogP contribution < -0.4 is 5.32 Å². The van der Waals surface area contributed by atoms with Gasteiger partial charge in [0.15, 0.2) is 0 Å². The molecule has 0 aromatic rings. The van der Waals surface area contributed by atoms with Crippen molar-refractivity contribution < 1.29 is 18.9 Å². The third kappa shape index (κ3) is 7.30. The molecule has 5 nitrogen and oxygen atoms in total. The highest BCUT2D eigenvalue weighted by molar-refractivity contribution is 7.92. The lowest BCUT2D eigenvalue weighted by Crippen LogP contribution is -2.29. The molecule has 0 aromatic carbocycles. The SMILES string of the molecule is C=CC(=O)NCCOC(=O)C[S+]([O-])C(C)C. The first-order valence-electron chi connectivity index (χ1n) is 4.90. The van der Waals surface area contributed by atoms with Crippen molar-refractivity contribution in [2.45, 2.75) is 19.1 Å². The molecule has 1 atom stereocenters. The van der Waals surface area contributed by atoms with Gasteiger partial charge in [0.1, 0.15) is 11.9 Å². The minimum absolute atomic E-state index is 0.0620. The topological polar surface area (TPSA) is 78.5 Å². The summed E-state index contributed by atoms with van der Waals surface area (Å²) in [5.41, 5.74) is 0. The van der Waals surface area contributed by atoms with Gasteiger partial charge in [0.25, 0.3) is 0 Å². The van der Waals surface area contributed by atoms with Crippen molar-refractivity contribution in [3.8, 4) is 0 Å². The molecule has 0 bridgehead atoms. The highest BCUT2D eigenvalue weighted by atomic mass is 32.2. The first-order chi connectivity index (χ1) is 7.47. The van der Waals surface area contributed by atoms with Gasteiger partial charge in [-0.1, -0.05) is 6.58 Å². The fourth-order valence-corrected chi connectivity index (χ4v) is 1.38. The summed E-state index contributed by atoms with van der Waals surface area (Å²) in [5, 5.41) is 2.39. The average Bonchev–Trinajstić information content (AvgIpc) is 2.23. The van der Waals surface area contributed by atoms with E-state index in [2.05, 4.69) is 11.9 Å². The van der Waals surface area contributed by atoms with Crippen LogP contribution in [0.4, 0.5) is 0 Å². The van der Waals surface area contributed by atoms with Gasteiger partial charge in [0, 0.05) is 0 Å². The zero-order chi connectivity index (χ0) is 12.6. The zero-order valence-electron chi connectivity index (χ0n) is 9.52. The van der Waals surface area contributed by atoms with Gasteiger partial charge in [0.05, 0.1) is 6.54 Å². The molecular formula is C10H17NO4S. The zero-order valence-corrected chi connectivity index (χ0v) is 10.3. The van der Waals surface area contributed by atoms with Crippen molar-refractivity contribution in [3.63, 3.8) is 0 Å². The van der Waals surface area contributed by atoms with E-state index in [1.54, 1.807) is 13.8 Å². The smallest absolute Gasteiger partial charge is 0.356 e. The van der Waals surface area contributed by atoms with Gasteiger partial charge in [-0.3, -0.25) is 4.79 Å². The van der Waals surface area contributed by atoms with Crippen molar-refractivity contribution in [1.82, 2.24) is 5.32 Å². The van der Waals surface area contributed by atoms with E-state index in [0.717, 1.165) is 6.08 Å². The predicted octanol–water partition coefficient (Wildman–Crippen LogP) is -0.0111. The van der Waals surface area contributed by atoms with Gasteiger partial charge in [-0.05, 0) is 31.1 Å². The summed E-state index contributed by atoms with van der Waals surface area (Å²) in [6, 6.07) is 0. The standard InChI is InChI=1S/C10H17NO4S/c1-4-9(12)11-5-6-15-10(13)7-16(14)8(2)3/h4,8H,1,5-7H2,2-3H3,(H,11,12). The van der Waals surface area contributed by atoms with Crippen LogP contribution in [-0.2, 0) is 25.5 Å². The fourth-order valence-electron chi connectivity index (χ4n) is 0.736. The van der Waals surface area contributed by atoms with Crippen LogP contribution in [0.15, 0.2) is 12.7 Å². The van der Waals surface area contributed by atoms with E-state index in [4.69, 9.17) is 4.74 Å². The second-order valence-corrected chi connectivity index (χ2v) is 5.28. The maximum atomic E-state index is 11.3. The number of hydrogen-bond acceptors (Lipinski definition) is 4. The molecule has 0 saturated heterocycles. The van der Waals surface area contributed by atoms with E-state index in [1.165, 1.54) is 0 Å². The quantitative estimate of drug-likeness (QED) is 0.297. The van der Waals surface area contributed by atoms with Gasteiger partial charge in [-0.2, -0.15) is 0 Å². The van der Waals surface area contributed by atoms with Crippen molar-refractivity contribution in [2.75, 3.05) is 18.9 Å². The maximum absolute atomic E-state index is 11.3. The molecule has 0 saturated carbocycles. The number of rotatable bonds is 7. The normalized spacial score (nSPS) is 12.0. The Morgan fingerprint density at radius 2 is 2.19 bits per heavy atom. The molecule has 0 radical (unpaired) electrons. The van der Waals surface area contributed by atoms with Crippen molar-refractivity contribution in [2.24, 2.45) is 0 Å². The Kier molecular flexibility index (Phi) is 7.66. The molecule has 0 aliphatic carbocycles. The molecule has 0 spiro atoms. The number of carbonyl (C=O) groups excluding carboxylic acids is 2. The number of carbonyl (C=O) groups is 2. The van der Waals surface area contributed by atoms with Crippen LogP contribution in [0.2, 0.25) is 0 Å². The van der Waals surface area contributed by atoms with Crippen molar-refractivity contribution in [3.05, 3.63) is 12.7 Å². The number of amides is 1. The third-order valence-electron chi connectivity index (χ3n) is 1.64. The summed E-state index contributed by atoms with van der Waals surface area (Å²) in [5.74, 6) is -0.936. The highest BCUT2D eigenvalue weighted by Gasteiger charge is 2.17. The number of hydrogen-bond donors (Lipinski definition) is 1. The summed E-state index contributed by atoms with van der Waals surface area (Å²) in [6.07, 6.45) is 1.13. The molecule has 0 fully saturated rings. The Hall–Kier alpha value is -1.01. The van der Waals surface area contributed by atoms with Crippen LogP contribution in [0, 0.1) is 0 Å². The lowest BCUT2D eigenvalue weighted by atomic mass is 10.5. The first kappa shape index (κ1) is 15.0. The number of nitrogens with one attached hydrogen (secondary N) is 1. The van der Waals surface area contributed by atoms with Gasteiger partial charge in [0.2, 0.25) is 11.7 Å². The van der Waals surface area contributed by atoms with Crippen LogP contribution >= 0.6 is 0 Å². The Balaban J connectivity index is 3.58. The van der Waals surface area contributed by atoms with E-state index in [0.29, 0.717) is 0 Å². The molecule has 0 aliphatic heterocycles. The Bertz CT molecular complexity index is 255. The molecule has 0 heterocycles. The van der Waals surface area contributed by atoms with Crippen LogP contribution in [0.5, 0.6) is 0 Å². The Labute approximate surface area is 98.4 Å². The second-order valence-electron chi connectivity index (χ2n) is 3.29. The third-order valence-corrected chi connectivity index (χ3v) is 3.21. The van der Waals surface area contributed by atoms with Crippen molar-refractivity contribution >= 4 is 23.1 Å². The molecule has 0 rings (SSSR count). The molecule has 6 heteroatoms. The molecule has 92 valence electrons. The fraction of sp³-hybridized carbons (Fsp3) is 0.600. The largest absolute Gasteiger partial charge is 0.616 e. The van der Waals surface area contributed by atoms with Crippen LogP contribution in [0.25, 0.3) is 0 Å². The Morgan fingerprint density at radius 1 is 1.56 bits per heavy atom. The van der Waals surface area contributed by atoms with E-state index >= 15 is 0 Å². The van der Waals surface area contributed by atoms with Crippen molar-refractivity contribution in [1.29, 1.82) is 0 Å². The van der Waals surface area contributed by atoms with E-state index in [9.17, 15) is 14.1 Å². The minimum Gasteiger partial charge on any atom is -0.616 e. The molecule has 1 N–H and O–H groups in total. The molecule has 16 heavy (non-hydrogen) atoms. The molecule has 0 aromatic heterocycles. The second kappa shape index (κ2) is 8.18. The minimum atomic E-state index is -1.20. The molecule has 1 amide bonds. The van der Waals surface area contributed by atoms with Gasteiger partial charge >= 0.3 is 5.97 Å². The summed E-state index contributed by atoms with van der Waals surface area (Å²) in [4.78, 5) is 21.8. The van der Waals surface area contributed by atoms with Gasteiger partial charge in [-0.15, -0.1) is 0 Å². The van der Waals surface area contributed by atoms with Crippen LogP contribution in [0.1, 0.15) is 13.8 Å². The summed E-state index contributed by atoms with van der Waals surface area (Å²) < 4.78 is 16.0. The van der Waals surface area contributed by atoms with Gasteiger partial charge < -0.3 is 14.6 Å².